The van der Waals surface area contributed by atoms with E-state index in [2.05, 4.69) is 35.6 Å². The molecule has 0 radical (unpaired) electrons. The first-order valence-corrected chi connectivity index (χ1v) is 9.76. The monoisotopic (exact) mass is 351 g/mol. The number of benzene rings is 2. The standard InChI is InChI=1S/C23H29NO2/c25-23(15-19-8-3-1-4-9-19)24-16-21-12-7-13-22(14-21)18-26-17-20-10-5-2-6-11-20/h2,5-7,10-14,19H,1,3-4,8-9,15-18H2,(H,24,25). The zero-order valence-corrected chi connectivity index (χ0v) is 15.5. The summed E-state index contributed by atoms with van der Waals surface area (Å²) in [6, 6.07) is 18.5. The Hall–Kier alpha value is -2.13. The summed E-state index contributed by atoms with van der Waals surface area (Å²) in [5.41, 5.74) is 3.45. The van der Waals surface area contributed by atoms with E-state index in [4.69, 9.17) is 4.74 Å². The van der Waals surface area contributed by atoms with Gasteiger partial charge < -0.3 is 10.1 Å². The fourth-order valence-electron chi connectivity index (χ4n) is 3.62. The van der Waals surface area contributed by atoms with Crippen LogP contribution in [0.3, 0.4) is 0 Å². The molecule has 1 saturated carbocycles. The second kappa shape index (κ2) is 10.1. The second-order valence-electron chi connectivity index (χ2n) is 7.28. The van der Waals surface area contributed by atoms with Gasteiger partial charge in [-0.1, -0.05) is 73.9 Å². The van der Waals surface area contributed by atoms with Gasteiger partial charge in [0.1, 0.15) is 0 Å². The van der Waals surface area contributed by atoms with Gasteiger partial charge in [0, 0.05) is 13.0 Å². The summed E-state index contributed by atoms with van der Waals surface area (Å²) in [5, 5.41) is 3.08. The number of hydrogen-bond acceptors (Lipinski definition) is 2. The summed E-state index contributed by atoms with van der Waals surface area (Å²) >= 11 is 0. The molecule has 0 aromatic heterocycles. The van der Waals surface area contributed by atoms with Crippen LogP contribution < -0.4 is 5.32 Å². The quantitative estimate of drug-likeness (QED) is 0.727. The van der Waals surface area contributed by atoms with Crippen molar-refractivity contribution in [1.29, 1.82) is 0 Å². The molecule has 1 fully saturated rings. The number of carbonyl (C=O) groups excluding carboxylic acids is 1. The van der Waals surface area contributed by atoms with E-state index in [0.29, 0.717) is 32.1 Å². The van der Waals surface area contributed by atoms with E-state index in [-0.39, 0.29) is 5.91 Å². The van der Waals surface area contributed by atoms with Gasteiger partial charge in [-0.15, -0.1) is 0 Å². The molecular formula is C23H29NO2. The second-order valence-corrected chi connectivity index (χ2v) is 7.28. The Balaban J connectivity index is 1.41. The molecule has 138 valence electrons. The van der Waals surface area contributed by atoms with Crippen LogP contribution in [-0.2, 0) is 29.3 Å². The highest BCUT2D eigenvalue weighted by atomic mass is 16.5. The SMILES string of the molecule is O=C(CC1CCCCC1)NCc1cccc(COCc2ccccc2)c1. The summed E-state index contributed by atoms with van der Waals surface area (Å²) in [6.07, 6.45) is 6.99. The molecule has 26 heavy (non-hydrogen) atoms. The van der Waals surface area contributed by atoms with Gasteiger partial charge in [0.2, 0.25) is 5.91 Å². The van der Waals surface area contributed by atoms with Gasteiger partial charge in [-0.05, 0) is 35.4 Å². The van der Waals surface area contributed by atoms with E-state index in [0.717, 1.165) is 11.1 Å². The van der Waals surface area contributed by atoms with Crippen LogP contribution in [0.25, 0.3) is 0 Å². The Labute approximate surface area is 156 Å². The molecule has 0 heterocycles. The third-order valence-electron chi connectivity index (χ3n) is 5.06. The average Bonchev–Trinajstić information content (AvgIpc) is 2.68. The molecule has 1 amide bonds. The van der Waals surface area contributed by atoms with Gasteiger partial charge in [0.25, 0.3) is 0 Å². The minimum atomic E-state index is 0.183. The molecule has 1 aliphatic rings. The highest BCUT2D eigenvalue weighted by Gasteiger charge is 2.16. The molecule has 3 heteroatoms. The van der Waals surface area contributed by atoms with E-state index >= 15 is 0 Å². The highest BCUT2D eigenvalue weighted by molar-refractivity contribution is 5.76. The van der Waals surface area contributed by atoms with Crippen molar-refractivity contribution in [3.05, 3.63) is 71.3 Å². The first kappa shape index (κ1) is 18.7. The average molecular weight is 351 g/mol. The fourth-order valence-corrected chi connectivity index (χ4v) is 3.62. The Bertz CT molecular complexity index is 678. The van der Waals surface area contributed by atoms with Crippen molar-refractivity contribution < 1.29 is 9.53 Å². The smallest absolute Gasteiger partial charge is 0.220 e. The number of amides is 1. The van der Waals surface area contributed by atoms with Gasteiger partial charge in [0.05, 0.1) is 13.2 Å². The molecule has 0 spiro atoms. The van der Waals surface area contributed by atoms with E-state index in [1.165, 1.54) is 37.7 Å². The molecule has 2 aromatic rings. The molecule has 1 aliphatic carbocycles. The molecule has 0 saturated heterocycles. The lowest BCUT2D eigenvalue weighted by atomic mass is 9.87. The molecule has 0 bridgehead atoms. The van der Waals surface area contributed by atoms with Crippen molar-refractivity contribution >= 4 is 5.91 Å². The molecule has 0 atom stereocenters. The van der Waals surface area contributed by atoms with Crippen LogP contribution in [0.5, 0.6) is 0 Å². The van der Waals surface area contributed by atoms with Crippen molar-refractivity contribution in [2.24, 2.45) is 5.92 Å². The zero-order valence-electron chi connectivity index (χ0n) is 15.5. The van der Waals surface area contributed by atoms with Gasteiger partial charge in [-0.3, -0.25) is 4.79 Å². The van der Waals surface area contributed by atoms with Gasteiger partial charge in [-0.2, -0.15) is 0 Å². The number of rotatable bonds is 8. The third kappa shape index (κ3) is 6.30. The van der Waals surface area contributed by atoms with E-state index < -0.39 is 0 Å². The third-order valence-corrected chi connectivity index (χ3v) is 5.06. The Kier molecular flexibility index (Phi) is 7.26. The highest BCUT2D eigenvalue weighted by Crippen LogP contribution is 2.26. The maximum atomic E-state index is 12.2. The lowest BCUT2D eigenvalue weighted by Crippen LogP contribution is -2.25. The topological polar surface area (TPSA) is 38.3 Å². The van der Waals surface area contributed by atoms with Crippen LogP contribution in [0.2, 0.25) is 0 Å². The summed E-state index contributed by atoms with van der Waals surface area (Å²) in [5.74, 6) is 0.768. The van der Waals surface area contributed by atoms with E-state index in [9.17, 15) is 4.79 Å². The summed E-state index contributed by atoms with van der Waals surface area (Å²) in [4.78, 5) is 12.2. The number of nitrogens with one attached hydrogen (secondary N) is 1. The van der Waals surface area contributed by atoms with Gasteiger partial charge in [0.15, 0.2) is 0 Å². The van der Waals surface area contributed by atoms with Crippen molar-refractivity contribution in [1.82, 2.24) is 5.32 Å². The summed E-state index contributed by atoms with van der Waals surface area (Å²) < 4.78 is 5.80. The Morgan fingerprint density at radius 1 is 0.885 bits per heavy atom. The van der Waals surface area contributed by atoms with Gasteiger partial charge >= 0.3 is 0 Å². The van der Waals surface area contributed by atoms with Gasteiger partial charge in [-0.25, -0.2) is 0 Å². The van der Waals surface area contributed by atoms with Crippen molar-refractivity contribution in [3.8, 4) is 0 Å². The van der Waals surface area contributed by atoms with Crippen LogP contribution >= 0.6 is 0 Å². The lowest BCUT2D eigenvalue weighted by molar-refractivity contribution is -0.122. The first-order chi connectivity index (χ1) is 12.8. The lowest BCUT2D eigenvalue weighted by Gasteiger charge is -2.20. The molecule has 3 nitrogen and oxygen atoms in total. The molecule has 0 aliphatic heterocycles. The Morgan fingerprint density at radius 2 is 1.58 bits per heavy atom. The first-order valence-electron chi connectivity index (χ1n) is 9.76. The molecule has 2 aromatic carbocycles. The molecular weight excluding hydrogens is 322 g/mol. The molecule has 0 unspecified atom stereocenters. The fraction of sp³-hybridized carbons (Fsp3) is 0.435. The van der Waals surface area contributed by atoms with Crippen LogP contribution in [0.4, 0.5) is 0 Å². The maximum absolute atomic E-state index is 12.2. The van der Waals surface area contributed by atoms with Crippen molar-refractivity contribution in [2.45, 2.75) is 58.3 Å². The molecule has 3 rings (SSSR count). The molecule has 1 N–H and O–H groups in total. The van der Waals surface area contributed by atoms with E-state index in [1.807, 2.05) is 24.3 Å². The van der Waals surface area contributed by atoms with Crippen molar-refractivity contribution in [3.63, 3.8) is 0 Å². The van der Waals surface area contributed by atoms with E-state index in [1.54, 1.807) is 0 Å². The largest absolute Gasteiger partial charge is 0.372 e. The van der Waals surface area contributed by atoms with Crippen LogP contribution in [-0.4, -0.2) is 5.91 Å². The number of carbonyl (C=O) groups is 1. The predicted molar refractivity (Wildman–Crippen MR) is 104 cm³/mol. The van der Waals surface area contributed by atoms with Crippen LogP contribution in [0, 0.1) is 5.92 Å². The van der Waals surface area contributed by atoms with Crippen molar-refractivity contribution in [2.75, 3.05) is 0 Å². The maximum Gasteiger partial charge on any atom is 0.220 e. The normalized spacial score (nSPS) is 14.9. The zero-order chi connectivity index (χ0) is 18.0. The summed E-state index contributed by atoms with van der Waals surface area (Å²) in [6.45, 7) is 1.79. The summed E-state index contributed by atoms with van der Waals surface area (Å²) in [7, 11) is 0. The number of ether oxygens (including phenoxy) is 1. The predicted octanol–water partition coefficient (Wildman–Crippen LogP) is 4.99. The van der Waals surface area contributed by atoms with Crippen LogP contribution in [0.15, 0.2) is 54.6 Å². The minimum absolute atomic E-state index is 0.183. The Morgan fingerprint density at radius 3 is 2.38 bits per heavy atom. The number of hydrogen-bond donors (Lipinski definition) is 1. The van der Waals surface area contributed by atoms with Crippen LogP contribution in [0.1, 0.15) is 55.2 Å². The minimum Gasteiger partial charge on any atom is -0.372 e.